The van der Waals surface area contributed by atoms with Gasteiger partial charge >= 0.3 is 5.97 Å². The number of aliphatic carboxylic acids is 1. The highest BCUT2D eigenvalue weighted by Gasteiger charge is 2.22. The molecule has 0 aliphatic carbocycles. The second kappa shape index (κ2) is 4.12. The molecule has 0 saturated carbocycles. The van der Waals surface area contributed by atoms with Gasteiger partial charge in [-0.05, 0) is 20.8 Å². The van der Waals surface area contributed by atoms with Crippen LogP contribution in [0.25, 0.3) is 0 Å². The Bertz CT molecular complexity index is 378. The zero-order valence-electron chi connectivity index (χ0n) is 8.79. The summed E-state index contributed by atoms with van der Waals surface area (Å²) in [5.74, 6) is -2.76. The molecule has 15 heavy (non-hydrogen) atoms. The van der Waals surface area contributed by atoms with Gasteiger partial charge in [-0.3, -0.25) is 14.7 Å². The first-order chi connectivity index (χ1) is 6.93. The van der Waals surface area contributed by atoms with Crippen molar-refractivity contribution in [1.29, 1.82) is 0 Å². The standard InChI is InChI=1S/C9H13N3O3/c1-4(9(14)15)8(13)10-7-5(2)11-12-6(7)3/h4H,1-3H3,(H,10,13)(H,11,12)(H,14,15). The average molecular weight is 211 g/mol. The molecule has 0 aliphatic heterocycles. The molecule has 1 atom stereocenters. The van der Waals surface area contributed by atoms with E-state index in [1.54, 1.807) is 13.8 Å². The third kappa shape index (κ3) is 2.34. The molecule has 1 rings (SSSR count). The fraction of sp³-hybridized carbons (Fsp3) is 0.444. The van der Waals surface area contributed by atoms with Crippen LogP contribution in [-0.2, 0) is 9.59 Å². The minimum absolute atomic E-state index is 0.546. The van der Waals surface area contributed by atoms with Gasteiger partial charge in [-0.15, -0.1) is 0 Å². The first-order valence-corrected chi connectivity index (χ1v) is 4.48. The number of hydrogen-bond donors (Lipinski definition) is 3. The third-order valence-electron chi connectivity index (χ3n) is 2.14. The minimum atomic E-state index is -1.15. The van der Waals surface area contributed by atoms with Crippen molar-refractivity contribution in [2.45, 2.75) is 20.8 Å². The van der Waals surface area contributed by atoms with Gasteiger partial charge in [0.1, 0.15) is 5.92 Å². The third-order valence-corrected chi connectivity index (χ3v) is 2.14. The van der Waals surface area contributed by atoms with Gasteiger partial charge in [0.15, 0.2) is 0 Å². The van der Waals surface area contributed by atoms with Crippen molar-refractivity contribution in [2.24, 2.45) is 5.92 Å². The molecule has 1 heterocycles. The second-order valence-corrected chi connectivity index (χ2v) is 3.36. The van der Waals surface area contributed by atoms with Crippen LogP contribution in [0.4, 0.5) is 5.69 Å². The fourth-order valence-electron chi connectivity index (χ4n) is 1.08. The van der Waals surface area contributed by atoms with E-state index in [-0.39, 0.29) is 0 Å². The molecule has 1 aromatic rings. The summed E-state index contributed by atoms with van der Waals surface area (Å²) in [5.41, 5.74) is 1.89. The van der Waals surface area contributed by atoms with Gasteiger partial charge < -0.3 is 10.4 Å². The topological polar surface area (TPSA) is 95.1 Å². The Balaban J connectivity index is 2.79. The van der Waals surface area contributed by atoms with E-state index in [1.807, 2.05) is 0 Å². The van der Waals surface area contributed by atoms with Crippen molar-refractivity contribution >= 4 is 17.6 Å². The normalized spacial score (nSPS) is 12.2. The molecule has 1 amide bonds. The van der Waals surface area contributed by atoms with Gasteiger partial charge in [-0.2, -0.15) is 5.10 Å². The van der Waals surface area contributed by atoms with Crippen LogP contribution in [-0.4, -0.2) is 27.2 Å². The van der Waals surface area contributed by atoms with Gasteiger partial charge in [-0.25, -0.2) is 0 Å². The maximum atomic E-state index is 11.4. The predicted molar refractivity (Wildman–Crippen MR) is 53.5 cm³/mol. The number of nitrogens with one attached hydrogen (secondary N) is 2. The number of rotatable bonds is 3. The van der Waals surface area contributed by atoms with Gasteiger partial charge in [-0.1, -0.05) is 0 Å². The second-order valence-electron chi connectivity index (χ2n) is 3.36. The van der Waals surface area contributed by atoms with Gasteiger partial charge in [0.25, 0.3) is 0 Å². The van der Waals surface area contributed by atoms with Crippen molar-refractivity contribution < 1.29 is 14.7 Å². The lowest BCUT2D eigenvalue weighted by Crippen LogP contribution is -2.27. The van der Waals surface area contributed by atoms with E-state index >= 15 is 0 Å². The van der Waals surface area contributed by atoms with Crippen LogP contribution < -0.4 is 5.32 Å². The number of carboxylic acids is 1. The first kappa shape index (κ1) is 11.2. The summed E-state index contributed by atoms with van der Waals surface area (Å²) in [7, 11) is 0. The lowest BCUT2D eigenvalue weighted by Gasteiger charge is -2.07. The number of H-pyrrole nitrogens is 1. The number of nitrogens with zero attached hydrogens (tertiary/aromatic N) is 1. The zero-order chi connectivity index (χ0) is 11.6. The molecule has 0 fully saturated rings. The maximum absolute atomic E-state index is 11.4. The number of amides is 1. The minimum Gasteiger partial charge on any atom is -0.481 e. The molecule has 0 radical (unpaired) electrons. The Morgan fingerprint density at radius 2 is 2.07 bits per heavy atom. The van der Waals surface area contributed by atoms with E-state index < -0.39 is 17.8 Å². The Labute approximate surface area is 86.7 Å². The molecule has 0 aromatic carbocycles. The smallest absolute Gasteiger partial charge is 0.315 e. The molecule has 1 unspecified atom stereocenters. The zero-order valence-corrected chi connectivity index (χ0v) is 8.79. The molecule has 6 nitrogen and oxygen atoms in total. The van der Waals surface area contributed by atoms with Crippen LogP contribution >= 0.6 is 0 Å². The number of aromatic nitrogens is 2. The fourth-order valence-corrected chi connectivity index (χ4v) is 1.08. The summed E-state index contributed by atoms with van der Waals surface area (Å²) in [4.78, 5) is 22.0. The number of anilines is 1. The largest absolute Gasteiger partial charge is 0.481 e. The molecule has 6 heteroatoms. The number of aryl methyl sites for hydroxylation is 2. The monoisotopic (exact) mass is 211 g/mol. The maximum Gasteiger partial charge on any atom is 0.315 e. The summed E-state index contributed by atoms with van der Waals surface area (Å²) >= 11 is 0. The predicted octanol–water partition coefficient (Wildman–Crippen LogP) is 0.686. The molecular weight excluding hydrogens is 198 g/mol. The number of carbonyl (C=O) groups excluding carboxylic acids is 1. The molecule has 1 aromatic heterocycles. The van der Waals surface area contributed by atoms with Crippen LogP contribution in [0.3, 0.4) is 0 Å². The van der Waals surface area contributed by atoms with Crippen LogP contribution in [0.15, 0.2) is 0 Å². The highest BCUT2D eigenvalue weighted by molar-refractivity contribution is 6.04. The van der Waals surface area contributed by atoms with Crippen molar-refractivity contribution in [2.75, 3.05) is 5.32 Å². The van der Waals surface area contributed by atoms with Crippen molar-refractivity contribution in [1.82, 2.24) is 10.2 Å². The van der Waals surface area contributed by atoms with Crippen molar-refractivity contribution in [3.63, 3.8) is 0 Å². The molecular formula is C9H13N3O3. The average Bonchev–Trinajstić information content (AvgIpc) is 2.47. The summed E-state index contributed by atoms with van der Waals surface area (Å²) in [5, 5.41) is 17.7. The van der Waals surface area contributed by atoms with Crippen LogP contribution in [0.1, 0.15) is 18.3 Å². The lowest BCUT2D eigenvalue weighted by atomic mass is 10.1. The first-order valence-electron chi connectivity index (χ1n) is 4.48. The molecule has 3 N–H and O–H groups in total. The number of carboxylic acid groups (broad SMARTS) is 1. The van der Waals surface area contributed by atoms with Gasteiger partial charge in [0, 0.05) is 0 Å². The number of aromatic amines is 1. The Kier molecular flexibility index (Phi) is 3.08. The van der Waals surface area contributed by atoms with Crippen LogP contribution in [0.2, 0.25) is 0 Å². The highest BCUT2D eigenvalue weighted by atomic mass is 16.4. The van der Waals surface area contributed by atoms with E-state index in [9.17, 15) is 9.59 Å². The van der Waals surface area contributed by atoms with E-state index in [4.69, 9.17) is 5.11 Å². The Morgan fingerprint density at radius 1 is 1.47 bits per heavy atom. The Morgan fingerprint density at radius 3 is 2.47 bits per heavy atom. The summed E-state index contributed by atoms with van der Waals surface area (Å²) in [6.45, 7) is 4.81. The van der Waals surface area contributed by atoms with Gasteiger partial charge in [0.2, 0.25) is 5.91 Å². The number of carbonyl (C=O) groups is 2. The molecule has 82 valence electrons. The van der Waals surface area contributed by atoms with Crippen LogP contribution in [0, 0.1) is 19.8 Å². The SMILES string of the molecule is Cc1n[nH]c(C)c1NC(=O)C(C)C(=O)O. The van der Waals surface area contributed by atoms with E-state index in [0.717, 1.165) is 0 Å². The van der Waals surface area contributed by atoms with Gasteiger partial charge in [0.05, 0.1) is 17.1 Å². The lowest BCUT2D eigenvalue weighted by molar-refractivity contribution is -0.144. The highest BCUT2D eigenvalue weighted by Crippen LogP contribution is 2.16. The quantitative estimate of drug-likeness (QED) is 0.641. The summed E-state index contributed by atoms with van der Waals surface area (Å²) in [6.07, 6.45) is 0. The van der Waals surface area contributed by atoms with Crippen LogP contribution in [0.5, 0.6) is 0 Å². The van der Waals surface area contributed by atoms with Crippen molar-refractivity contribution in [3.8, 4) is 0 Å². The molecule has 0 aliphatic rings. The molecule has 0 saturated heterocycles. The van der Waals surface area contributed by atoms with E-state index in [0.29, 0.717) is 17.1 Å². The van der Waals surface area contributed by atoms with Crippen molar-refractivity contribution in [3.05, 3.63) is 11.4 Å². The number of hydrogen-bond acceptors (Lipinski definition) is 3. The summed E-state index contributed by atoms with van der Waals surface area (Å²) in [6, 6.07) is 0. The summed E-state index contributed by atoms with van der Waals surface area (Å²) < 4.78 is 0. The molecule has 0 bridgehead atoms. The Hall–Kier alpha value is -1.85. The van der Waals surface area contributed by atoms with E-state index in [1.165, 1.54) is 6.92 Å². The molecule has 0 spiro atoms. The van der Waals surface area contributed by atoms with E-state index in [2.05, 4.69) is 15.5 Å².